The Kier molecular flexibility index (Phi) is 10.8. The molecule has 0 radical (unpaired) electrons. The van der Waals surface area contributed by atoms with Crippen molar-refractivity contribution in [2.75, 3.05) is 41.2 Å². The second-order valence-electron chi connectivity index (χ2n) is 12.4. The van der Waals surface area contributed by atoms with E-state index in [1.54, 1.807) is 0 Å². The van der Waals surface area contributed by atoms with E-state index in [9.17, 15) is 74.7 Å². The maximum absolute atomic E-state index is 13.5. The van der Waals surface area contributed by atoms with Crippen molar-refractivity contribution >= 4 is 62.5 Å². The quantitative estimate of drug-likeness (QED) is 0.271. The lowest BCUT2D eigenvalue weighted by atomic mass is 10.1. The van der Waals surface area contributed by atoms with Gasteiger partial charge < -0.3 is 9.84 Å². The van der Waals surface area contributed by atoms with Crippen LogP contribution < -0.4 is 14.5 Å². The van der Waals surface area contributed by atoms with E-state index >= 15 is 0 Å². The first-order valence-corrected chi connectivity index (χ1v) is 22.5. The second kappa shape index (κ2) is 14.3. The van der Waals surface area contributed by atoms with Gasteiger partial charge in [0.25, 0.3) is 11.8 Å². The maximum atomic E-state index is 13.5. The van der Waals surface area contributed by atoms with E-state index in [-0.39, 0.29) is 21.2 Å². The number of hydrogen-bond acceptors (Lipinski definition) is 12. The van der Waals surface area contributed by atoms with Gasteiger partial charge in [0.2, 0.25) is 0 Å². The lowest BCUT2D eigenvalue weighted by molar-refractivity contribution is -0.139. The van der Waals surface area contributed by atoms with Gasteiger partial charge in [-0.15, -0.1) is 0 Å². The molecule has 0 atom stereocenters. The zero-order valence-electron chi connectivity index (χ0n) is 29.1. The summed E-state index contributed by atoms with van der Waals surface area (Å²) in [5.74, 6) is -6.28. The fraction of sp³-hybridized carbons (Fsp3) is 0.212. The van der Waals surface area contributed by atoms with E-state index in [4.69, 9.17) is 0 Å². The summed E-state index contributed by atoms with van der Waals surface area (Å²) < 4.78 is 181. The monoisotopic (exact) mass is 884 g/mol. The predicted molar refractivity (Wildman–Crippen MR) is 188 cm³/mol. The summed E-state index contributed by atoms with van der Waals surface area (Å²) in [6, 6.07) is 13.0. The number of rotatable bonds is 5. The number of alkyl halides is 6. The van der Waals surface area contributed by atoms with Crippen molar-refractivity contribution < 1.29 is 79.4 Å². The Labute approximate surface area is 320 Å². The van der Waals surface area contributed by atoms with Crippen LogP contribution in [0.1, 0.15) is 31.8 Å². The van der Waals surface area contributed by atoms with Crippen LogP contribution in [-0.4, -0.2) is 82.0 Å². The number of phenolic OH excluding ortho intramolecular Hbond substituents is 1. The zero-order chi connectivity index (χ0) is 42.8. The van der Waals surface area contributed by atoms with Gasteiger partial charge >= 0.3 is 12.4 Å². The van der Waals surface area contributed by atoms with Gasteiger partial charge in [0.15, 0.2) is 39.3 Å². The molecule has 0 spiro atoms. The number of aromatic hydroxyl groups is 1. The number of fused-ring (bicyclic) bond motifs is 2. The molecule has 14 nitrogen and oxygen atoms in total. The SMILES string of the molecule is COc1c(C(F)(F)F)cc(C(=O)N2CS(=O)(=O)c3ccccc32)cc1S(C)(=O)=O.CS(=O)(=O)c1cc(C(=O)N2CS(=O)(=O)c3ccccc32)cc(C(F)(F)F)c1O. The van der Waals surface area contributed by atoms with Crippen LogP contribution in [0.2, 0.25) is 0 Å². The number of benzene rings is 4. The molecular formula is C33H26F6N2O12S4. The Hall–Kier alpha value is -5.20. The fourth-order valence-corrected chi connectivity index (χ4v) is 10.5. The molecule has 57 heavy (non-hydrogen) atoms. The van der Waals surface area contributed by atoms with E-state index in [0.29, 0.717) is 30.7 Å². The normalized spacial score (nSPS) is 15.9. The average molecular weight is 885 g/mol. The molecule has 4 aromatic rings. The molecule has 24 heteroatoms. The number of para-hydroxylation sites is 2. The minimum atomic E-state index is -5.14. The Morgan fingerprint density at radius 3 is 1.39 bits per heavy atom. The number of phenols is 1. The van der Waals surface area contributed by atoms with E-state index in [1.807, 2.05) is 0 Å². The molecule has 4 aromatic carbocycles. The molecule has 306 valence electrons. The number of carbonyl (C=O) groups excluding carboxylic acids is 2. The van der Waals surface area contributed by atoms with E-state index < -0.39 is 119 Å². The molecule has 0 saturated carbocycles. The molecular weight excluding hydrogens is 859 g/mol. The number of hydrogen-bond donors (Lipinski definition) is 1. The lowest BCUT2D eigenvalue weighted by Gasteiger charge is -2.20. The van der Waals surface area contributed by atoms with Crippen molar-refractivity contribution in [1.82, 2.24) is 0 Å². The summed E-state index contributed by atoms with van der Waals surface area (Å²) in [7, 11) is -15.4. The molecule has 2 aliphatic heterocycles. The van der Waals surface area contributed by atoms with E-state index in [0.717, 1.165) is 23.0 Å². The Bertz CT molecular complexity index is 2810. The summed E-state index contributed by atoms with van der Waals surface area (Å²) >= 11 is 0. The van der Waals surface area contributed by atoms with Gasteiger partial charge in [0, 0.05) is 23.6 Å². The Morgan fingerprint density at radius 1 is 0.649 bits per heavy atom. The minimum Gasteiger partial charge on any atom is -0.506 e. The van der Waals surface area contributed by atoms with Crippen LogP contribution in [0.5, 0.6) is 11.5 Å². The second-order valence-corrected chi connectivity index (χ2v) is 20.2. The molecule has 0 unspecified atom stereocenters. The van der Waals surface area contributed by atoms with Gasteiger partial charge in [-0.2, -0.15) is 26.3 Å². The van der Waals surface area contributed by atoms with Crippen LogP contribution in [-0.2, 0) is 51.7 Å². The molecule has 2 aliphatic rings. The zero-order valence-corrected chi connectivity index (χ0v) is 32.3. The highest BCUT2D eigenvalue weighted by molar-refractivity contribution is 7.92. The third kappa shape index (κ3) is 8.29. The predicted octanol–water partition coefficient (Wildman–Crippen LogP) is 4.72. The van der Waals surface area contributed by atoms with Crippen LogP contribution in [0.4, 0.5) is 37.7 Å². The largest absolute Gasteiger partial charge is 0.506 e. The highest BCUT2D eigenvalue weighted by atomic mass is 32.2. The molecule has 2 heterocycles. The highest BCUT2D eigenvalue weighted by Gasteiger charge is 2.42. The van der Waals surface area contributed by atoms with Crippen molar-refractivity contribution in [3.8, 4) is 11.5 Å². The molecule has 2 amide bonds. The first-order chi connectivity index (χ1) is 26.0. The standard InChI is InChI=1S/C17H14F3NO6S2.C16H12F3NO6S2/c1-27-15-11(17(18,19)20)7-10(8-14(15)28(2,23)24)16(22)21-9-29(25,26)13-6-4-3-5-12(13)21;1-27(23,24)13-7-9(6-10(14(13)21)16(17,18)19)15(22)20-8-28(25,26)12-5-3-2-4-11(12)20/h3-8H,9H2,1-2H3;2-7,21H,8H2,1H3. The van der Waals surface area contributed by atoms with E-state index in [1.165, 1.54) is 48.5 Å². The minimum absolute atomic E-state index is 0.00258. The van der Waals surface area contributed by atoms with Gasteiger partial charge in [0.05, 0.1) is 39.4 Å². The molecule has 0 saturated heterocycles. The number of ether oxygens (including phenoxy) is 1. The van der Waals surface area contributed by atoms with Crippen molar-refractivity contribution in [2.45, 2.75) is 31.9 Å². The highest BCUT2D eigenvalue weighted by Crippen LogP contribution is 2.43. The third-order valence-electron chi connectivity index (χ3n) is 8.31. The number of nitrogens with zero attached hydrogens (tertiary/aromatic N) is 2. The summed E-state index contributed by atoms with van der Waals surface area (Å²) in [6.07, 6.45) is -8.91. The molecule has 6 rings (SSSR count). The molecule has 0 aromatic heterocycles. The third-order valence-corrected chi connectivity index (χ3v) is 13.7. The summed E-state index contributed by atoms with van der Waals surface area (Å²) in [4.78, 5) is 25.0. The van der Waals surface area contributed by atoms with E-state index in [2.05, 4.69) is 4.74 Å². The van der Waals surface area contributed by atoms with Crippen LogP contribution in [0.25, 0.3) is 0 Å². The van der Waals surface area contributed by atoms with Crippen LogP contribution in [0, 0.1) is 0 Å². The fourth-order valence-electron chi connectivity index (χ4n) is 5.80. The van der Waals surface area contributed by atoms with Crippen LogP contribution >= 0.6 is 0 Å². The Balaban J connectivity index is 0.000000218. The first kappa shape index (κ1) is 42.9. The van der Waals surface area contributed by atoms with Gasteiger partial charge in [-0.25, -0.2) is 33.7 Å². The van der Waals surface area contributed by atoms with Crippen LogP contribution in [0.3, 0.4) is 0 Å². The maximum Gasteiger partial charge on any atom is 0.420 e. The van der Waals surface area contributed by atoms with Gasteiger partial charge in [0.1, 0.15) is 33.0 Å². The Morgan fingerprint density at radius 2 is 1.02 bits per heavy atom. The summed E-state index contributed by atoms with van der Waals surface area (Å²) in [5, 5.41) is 9.75. The number of anilines is 2. The topological polar surface area (TPSA) is 207 Å². The number of sulfone groups is 4. The first-order valence-electron chi connectivity index (χ1n) is 15.4. The number of methoxy groups -OCH3 is 1. The van der Waals surface area contributed by atoms with Crippen LogP contribution in [0.15, 0.2) is 92.4 Å². The number of amides is 2. The molecule has 0 bridgehead atoms. The van der Waals surface area contributed by atoms with Gasteiger partial charge in [-0.3, -0.25) is 19.4 Å². The number of carbonyl (C=O) groups is 2. The summed E-state index contributed by atoms with van der Waals surface area (Å²) in [6.45, 7) is 0. The average Bonchev–Trinajstić information content (AvgIpc) is 3.54. The number of halogens is 6. The summed E-state index contributed by atoms with van der Waals surface area (Å²) in [5.41, 5.74) is -4.56. The van der Waals surface area contributed by atoms with Crippen molar-refractivity contribution in [2.24, 2.45) is 0 Å². The van der Waals surface area contributed by atoms with Crippen molar-refractivity contribution in [3.05, 3.63) is 95.1 Å². The lowest BCUT2D eigenvalue weighted by Crippen LogP contribution is -2.31. The van der Waals surface area contributed by atoms with Crippen molar-refractivity contribution in [3.63, 3.8) is 0 Å². The molecule has 0 fully saturated rings. The van der Waals surface area contributed by atoms with Gasteiger partial charge in [-0.1, -0.05) is 24.3 Å². The smallest absolute Gasteiger partial charge is 0.420 e. The van der Waals surface area contributed by atoms with Crippen molar-refractivity contribution in [1.29, 1.82) is 0 Å². The molecule has 1 N–H and O–H groups in total. The molecule has 0 aliphatic carbocycles. The van der Waals surface area contributed by atoms with Gasteiger partial charge in [-0.05, 0) is 48.5 Å².